The van der Waals surface area contributed by atoms with E-state index in [2.05, 4.69) is 33.3 Å². The van der Waals surface area contributed by atoms with E-state index in [1.54, 1.807) is 23.8 Å². The minimum absolute atomic E-state index is 0.447. The van der Waals surface area contributed by atoms with E-state index in [9.17, 15) is 4.79 Å². The number of carbonyl (C=O) groups is 1. The summed E-state index contributed by atoms with van der Waals surface area (Å²) >= 11 is 0. The van der Waals surface area contributed by atoms with Crippen LogP contribution in [0.15, 0.2) is 48.7 Å². The largest absolute Gasteiger partial charge is 0.384 e. The number of aromatic nitrogens is 5. The fourth-order valence-corrected chi connectivity index (χ4v) is 4.70. The van der Waals surface area contributed by atoms with Crippen molar-refractivity contribution in [3.05, 3.63) is 65.6 Å². The smallest absolute Gasteiger partial charge is 0.267 e. The summed E-state index contributed by atoms with van der Waals surface area (Å²) in [6.45, 7) is 6.86. The van der Waals surface area contributed by atoms with Crippen LogP contribution >= 0.6 is 0 Å². The molecule has 12 heteroatoms. The van der Waals surface area contributed by atoms with Gasteiger partial charge >= 0.3 is 0 Å². The number of ether oxygens (including phenoxy) is 1. The predicted molar refractivity (Wildman–Crippen MR) is 152 cm³/mol. The Morgan fingerprint density at radius 2 is 1.90 bits per heavy atom. The normalized spacial score (nSPS) is 13.9. The minimum Gasteiger partial charge on any atom is -0.384 e. The highest BCUT2D eigenvalue weighted by atomic mass is 16.5. The van der Waals surface area contributed by atoms with Gasteiger partial charge in [0, 0.05) is 44.0 Å². The lowest BCUT2D eigenvalue weighted by Gasteiger charge is -2.28. The summed E-state index contributed by atoms with van der Waals surface area (Å²) in [5, 5.41) is 8.63. The van der Waals surface area contributed by atoms with Crippen LogP contribution in [0.1, 0.15) is 23.9 Å². The van der Waals surface area contributed by atoms with Crippen molar-refractivity contribution in [1.29, 1.82) is 0 Å². The molecule has 0 aliphatic carbocycles. The second kappa shape index (κ2) is 12.2. The van der Waals surface area contributed by atoms with Crippen molar-refractivity contribution in [2.45, 2.75) is 26.6 Å². The van der Waals surface area contributed by atoms with Crippen molar-refractivity contribution in [1.82, 2.24) is 34.9 Å². The maximum atomic E-state index is 11.2. The Labute approximate surface area is 232 Å². The molecule has 1 aliphatic rings. The topological polar surface area (TPSA) is 148 Å². The van der Waals surface area contributed by atoms with Crippen molar-refractivity contribution in [2.75, 3.05) is 44.0 Å². The SMILES string of the molecule is CCn1c(CN(C)Cc2ccc(/C=C/C(=O)NO)cc2)nc2c(N3CCOCC3)nc(-c3ccc(N)nc3)nc21. The molecule has 1 amide bonds. The second-order valence-electron chi connectivity index (χ2n) is 9.61. The summed E-state index contributed by atoms with van der Waals surface area (Å²) in [5.74, 6) is 2.17. The molecule has 3 aromatic heterocycles. The molecular weight excluding hydrogens is 510 g/mol. The molecular formula is C28H33N9O3. The van der Waals surface area contributed by atoms with Gasteiger partial charge in [0.15, 0.2) is 22.8 Å². The van der Waals surface area contributed by atoms with Gasteiger partial charge in [0.2, 0.25) is 0 Å². The molecule has 4 heterocycles. The Bertz CT molecular complexity index is 1490. The van der Waals surface area contributed by atoms with Gasteiger partial charge in [-0.05, 0) is 43.3 Å². The monoisotopic (exact) mass is 543 g/mol. The third-order valence-electron chi connectivity index (χ3n) is 6.71. The zero-order valence-electron chi connectivity index (χ0n) is 22.6. The summed E-state index contributed by atoms with van der Waals surface area (Å²) in [4.78, 5) is 34.8. The molecule has 1 fully saturated rings. The van der Waals surface area contributed by atoms with Gasteiger partial charge in [-0.2, -0.15) is 0 Å². The molecule has 1 aromatic carbocycles. The number of pyridine rings is 1. The summed E-state index contributed by atoms with van der Waals surface area (Å²) in [6.07, 6.45) is 4.62. The number of carbonyl (C=O) groups excluding carboxylic acids is 1. The molecule has 4 aromatic rings. The van der Waals surface area contributed by atoms with Gasteiger partial charge in [0.05, 0.1) is 19.8 Å². The summed E-state index contributed by atoms with van der Waals surface area (Å²) in [5.41, 5.74) is 11.7. The lowest BCUT2D eigenvalue weighted by Crippen LogP contribution is -2.37. The molecule has 208 valence electrons. The number of rotatable bonds is 9. The van der Waals surface area contributed by atoms with E-state index in [1.807, 2.05) is 30.3 Å². The number of nitrogens with one attached hydrogen (secondary N) is 1. The van der Waals surface area contributed by atoms with E-state index in [0.717, 1.165) is 52.6 Å². The van der Waals surface area contributed by atoms with Gasteiger partial charge in [-0.3, -0.25) is 14.9 Å². The molecule has 4 N–H and O–H groups in total. The van der Waals surface area contributed by atoms with E-state index in [1.165, 1.54) is 6.08 Å². The number of amides is 1. The highest BCUT2D eigenvalue weighted by Crippen LogP contribution is 2.29. The number of nitrogen functional groups attached to an aromatic ring is 1. The number of hydrogen-bond acceptors (Lipinski definition) is 10. The van der Waals surface area contributed by atoms with Crippen molar-refractivity contribution >= 4 is 34.8 Å². The third kappa shape index (κ3) is 6.09. The zero-order valence-corrected chi connectivity index (χ0v) is 22.6. The van der Waals surface area contributed by atoms with Crippen molar-refractivity contribution in [2.24, 2.45) is 0 Å². The van der Waals surface area contributed by atoms with Crippen LogP contribution in [0.5, 0.6) is 0 Å². The number of imidazole rings is 1. The lowest BCUT2D eigenvalue weighted by atomic mass is 10.1. The Balaban J connectivity index is 1.43. The number of hydroxylamine groups is 1. The fraction of sp³-hybridized carbons (Fsp3) is 0.321. The Morgan fingerprint density at radius 3 is 2.58 bits per heavy atom. The van der Waals surface area contributed by atoms with Gasteiger partial charge in [0.1, 0.15) is 11.6 Å². The number of fused-ring (bicyclic) bond motifs is 1. The molecule has 0 saturated carbocycles. The quantitative estimate of drug-likeness (QED) is 0.163. The standard InChI is InChI=1S/C28H33N9O3/c1-3-37-23(18-35(2)17-20-6-4-19(5-7-20)8-11-24(38)34-39)31-25-27(36-12-14-40-15-13-36)32-26(33-28(25)37)21-9-10-22(29)30-16-21/h4-11,16,39H,3,12-15,17-18H2,1-2H3,(H2,29,30)(H,34,38)/b11-8+. The van der Waals surface area contributed by atoms with Crippen LogP contribution in [0.25, 0.3) is 28.6 Å². The van der Waals surface area contributed by atoms with Crippen molar-refractivity contribution in [3.63, 3.8) is 0 Å². The molecule has 1 aliphatic heterocycles. The zero-order chi connectivity index (χ0) is 28.1. The second-order valence-corrected chi connectivity index (χ2v) is 9.61. The molecule has 0 atom stereocenters. The first-order chi connectivity index (χ1) is 19.4. The number of morpholine rings is 1. The van der Waals surface area contributed by atoms with Crippen LogP contribution in [0, 0.1) is 0 Å². The predicted octanol–water partition coefficient (Wildman–Crippen LogP) is 2.48. The number of benzene rings is 1. The van der Waals surface area contributed by atoms with Crippen molar-refractivity contribution < 1.29 is 14.7 Å². The van der Waals surface area contributed by atoms with E-state index in [4.69, 9.17) is 30.6 Å². The molecule has 1 saturated heterocycles. The molecule has 12 nitrogen and oxygen atoms in total. The van der Waals surface area contributed by atoms with Crippen LogP contribution in [-0.2, 0) is 29.2 Å². The average Bonchev–Trinajstić information content (AvgIpc) is 3.33. The number of anilines is 2. The van der Waals surface area contributed by atoms with Crippen LogP contribution in [-0.4, -0.2) is 73.9 Å². The molecule has 0 radical (unpaired) electrons. The summed E-state index contributed by atoms with van der Waals surface area (Å²) < 4.78 is 7.73. The van der Waals surface area contributed by atoms with Gasteiger partial charge in [-0.25, -0.2) is 25.4 Å². The van der Waals surface area contributed by atoms with E-state index in [-0.39, 0.29) is 0 Å². The number of aryl methyl sites for hydroxylation is 1. The number of hydrogen-bond donors (Lipinski definition) is 3. The minimum atomic E-state index is -0.568. The molecule has 0 bridgehead atoms. The Hall–Kier alpha value is -4.39. The first-order valence-corrected chi connectivity index (χ1v) is 13.2. The maximum absolute atomic E-state index is 11.2. The first-order valence-electron chi connectivity index (χ1n) is 13.2. The average molecular weight is 544 g/mol. The van der Waals surface area contributed by atoms with Crippen LogP contribution in [0.2, 0.25) is 0 Å². The van der Waals surface area contributed by atoms with E-state index < -0.39 is 5.91 Å². The first kappa shape index (κ1) is 27.2. The number of nitrogens with zero attached hydrogens (tertiary/aromatic N) is 7. The highest BCUT2D eigenvalue weighted by Gasteiger charge is 2.23. The van der Waals surface area contributed by atoms with Gasteiger partial charge < -0.3 is 19.9 Å². The molecule has 40 heavy (non-hydrogen) atoms. The molecule has 0 unspecified atom stereocenters. The lowest BCUT2D eigenvalue weighted by molar-refractivity contribution is -0.124. The maximum Gasteiger partial charge on any atom is 0.267 e. The Kier molecular flexibility index (Phi) is 8.29. The van der Waals surface area contributed by atoms with Crippen LogP contribution in [0.3, 0.4) is 0 Å². The third-order valence-corrected chi connectivity index (χ3v) is 6.71. The van der Waals surface area contributed by atoms with Crippen molar-refractivity contribution in [3.8, 4) is 11.4 Å². The van der Waals surface area contributed by atoms with E-state index in [0.29, 0.717) is 44.5 Å². The van der Waals surface area contributed by atoms with Gasteiger partial charge in [-0.15, -0.1) is 0 Å². The fourth-order valence-electron chi connectivity index (χ4n) is 4.70. The molecule has 0 spiro atoms. The van der Waals surface area contributed by atoms with Crippen LogP contribution in [0.4, 0.5) is 11.6 Å². The van der Waals surface area contributed by atoms with E-state index >= 15 is 0 Å². The highest BCUT2D eigenvalue weighted by molar-refractivity contribution is 5.90. The Morgan fingerprint density at radius 1 is 1.12 bits per heavy atom. The number of nitrogens with two attached hydrogens (primary N) is 1. The van der Waals surface area contributed by atoms with Gasteiger partial charge in [-0.1, -0.05) is 24.3 Å². The summed E-state index contributed by atoms with van der Waals surface area (Å²) in [7, 11) is 2.05. The summed E-state index contributed by atoms with van der Waals surface area (Å²) in [6, 6.07) is 11.5. The van der Waals surface area contributed by atoms with Crippen LogP contribution < -0.4 is 16.1 Å². The molecule has 5 rings (SSSR count). The van der Waals surface area contributed by atoms with Gasteiger partial charge in [0.25, 0.3) is 5.91 Å².